The van der Waals surface area contributed by atoms with E-state index in [-0.39, 0.29) is 17.5 Å². The highest BCUT2D eigenvalue weighted by Gasteiger charge is 2.45. The Labute approximate surface area is 197 Å². The Morgan fingerprint density at radius 2 is 1.74 bits per heavy atom. The summed E-state index contributed by atoms with van der Waals surface area (Å²) in [5.41, 5.74) is 1.88. The van der Waals surface area contributed by atoms with Crippen LogP contribution >= 0.6 is 0 Å². The third-order valence-electron chi connectivity index (χ3n) is 5.49. The Bertz CT molecular complexity index is 1260. The first-order chi connectivity index (χ1) is 16.2. The lowest BCUT2D eigenvalue weighted by Gasteiger charge is -2.29. The number of aryl methyl sites for hydroxylation is 1. The minimum atomic E-state index is -0.839. The molecule has 1 atom stereocenters. The molecule has 1 aliphatic heterocycles. The Kier molecular flexibility index (Phi) is 6.24. The minimum Gasteiger partial charge on any atom is -0.503 e. The topological polar surface area (TPSA) is 106 Å². The van der Waals surface area contributed by atoms with E-state index in [1.165, 1.54) is 4.90 Å². The monoisotopic (exact) mass is 461 g/mol. The van der Waals surface area contributed by atoms with Crippen LogP contribution in [0.25, 0.3) is 11.5 Å². The van der Waals surface area contributed by atoms with Crippen LogP contribution in [0.3, 0.4) is 0 Å². The highest BCUT2D eigenvalue weighted by atomic mass is 16.5. The van der Waals surface area contributed by atoms with Gasteiger partial charge in [0.25, 0.3) is 5.91 Å². The molecular weight excluding hydrogens is 434 g/mol. The van der Waals surface area contributed by atoms with Crippen molar-refractivity contribution in [3.63, 3.8) is 0 Å². The van der Waals surface area contributed by atoms with E-state index in [0.717, 1.165) is 0 Å². The molecule has 0 saturated heterocycles. The summed E-state index contributed by atoms with van der Waals surface area (Å²) in [6.07, 6.45) is -0.120. The normalized spacial score (nSPS) is 16.1. The maximum atomic E-state index is 13.3. The van der Waals surface area contributed by atoms with Gasteiger partial charge in [-0.05, 0) is 44.2 Å². The van der Waals surface area contributed by atoms with Gasteiger partial charge in [-0.15, -0.1) is 10.2 Å². The van der Waals surface area contributed by atoms with Crippen molar-refractivity contribution in [3.8, 4) is 17.2 Å². The summed E-state index contributed by atoms with van der Waals surface area (Å²) in [4.78, 5) is 27.9. The third kappa shape index (κ3) is 4.19. The lowest BCUT2D eigenvalue weighted by atomic mass is 9.90. The molecular formula is C26H27N3O5. The molecule has 1 aromatic heterocycles. The van der Waals surface area contributed by atoms with Gasteiger partial charge in [0.15, 0.2) is 11.5 Å². The number of benzene rings is 2. The number of aromatic nitrogens is 2. The second-order valence-corrected chi connectivity index (χ2v) is 8.74. The number of carbonyl (C=O) groups excluding carboxylic acids is 2. The molecule has 176 valence electrons. The fraction of sp³-hybridized carbons (Fsp3) is 0.308. The number of hydrogen-bond donors (Lipinski definition) is 1. The van der Waals surface area contributed by atoms with E-state index in [1.54, 1.807) is 51.1 Å². The van der Waals surface area contributed by atoms with Crippen LogP contribution < -0.4 is 9.64 Å². The number of Topliss-reactive ketones (excluding diaryl/α,β-unsaturated/α-hetero) is 1. The van der Waals surface area contributed by atoms with E-state index in [0.29, 0.717) is 34.3 Å². The fourth-order valence-electron chi connectivity index (χ4n) is 3.97. The maximum Gasteiger partial charge on any atom is 0.294 e. The van der Waals surface area contributed by atoms with Crippen molar-refractivity contribution in [3.05, 3.63) is 71.3 Å². The van der Waals surface area contributed by atoms with Crippen molar-refractivity contribution in [1.29, 1.82) is 0 Å². The lowest BCUT2D eigenvalue weighted by Crippen LogP contribution is -2.32. The summed E-state index contributed by atoms with van der Waals surface area (Å²) in [7, 11) is 0. The van der Waals surface area contributed by atoms with Crippen LogP contribution in [0, 0.1) is 12.8 Å². The van der Waals surface area contributed by atoms with Gasteiger partial charge in [-0.2, -0.15) is 0 Å². The molecule has 2 aromatic carbocycles. The molecule has 0 saturated carbocycles. The van der Waals surface area contributed by atoms with Gasteiger partial charge in [0.1, 0.15) is 5.75 Å². The van der Waals surface area contributed by atoms with Crippen LogP contribution in [0.15, 0.2) is 64.3 Å². The first kappa shape index (κ1) is 23.2. The Morgan fingerprint density at radius 3 is 2.32 bits per heavy atom. The molecule has 0 spiro atoms. The van der Waals surface area contributed by atoms with E-state index in [1.807, 2.05) is 32.0 Å². The number of ether oxygens (including phenoxy) is 1. The highest BCUT2D eigenvalue weighted by molar-refractivity contribution is 6.17. The van der Waals surface area contributed by atoms with Crippen molar-refractivity contribution in [2.75, 3.05) is 4.90 Å². The number of hydrogen-bond acceptors (Lipinski definition) is 7. The molecule has 4 rings (SSSR count). The molecule has 1 amide bonds. The standard InChI is InChI=1S/C26H27N3O5/c1-14(2)23(30)21-22(19-8-6-7-9-20(19)33-15(3)4)29(26(32)24(21)31)18-12-10-17(11-13-18)25-28-27-16(5)34-25/h6-15,22,31H,1-5H3. The van der Waals surface area contributed by atoms with Crippen molar-refractivity contribution < 1.29 is 23.8 Å². The fourth-order valence-corrected chi connectivity index (χ4v) is 3.97. The number of aliphatic hydroxyl groups excluding tert-OH is 1. The van der Waals surface area contributed by atoms with Gasteiger partial charge in [0, 0.05) is 29.7 Å². The summed E-state index contributed by atoms with van der Waals surface area (Å²) in [6, 6.07) is 13.4. The number of para-hydroxylation sites is 1. The van der Waals surface area contributed by atoms with Gasteiger partial charge in [-0.25, -0.2) is 0 Å². The second kappa shape index (κ2) is 9.13. The number of ketones is 1. The summed E-state index contributed by atoms with van der Waals surface area (Å²) < 4.78 is 11.5. The van der Waals surface area contributed by atoms with Gasteiger partial charge in [0.2, 0.25) is 11.8 Å². The summed E-state index contributed by atoms with van der Waals surface area (Å²) in [6.45, 7) is 8.99. The number of amides is 1. The van der Waals surface area contributed by atoms with Crippen LogP contribution in [-0.2, 0) is 9.59 Å². The Morgan fingerprint density at radius 1 is 1.06 bits per heavy atom. The van der Waals surface area contributed by atoms with Crippen LogP contribution in [0.4, 0.5) is 5.69 Å². The molecule has 0 radical (unpaired) electrons. The number of carbonyl (C=O) groups is 2. The smallest absolute Gasteiger partial charge is 0.294 e. The molecule has 1 N–H and O–H groups in total. The molecule has 8 nitrogen and oxygen atoms in total. The molecule has 1 aliphatic rings. The van der Waals surface area contributed by atoms with E-state index >= 15 is 0 Å². The molecule has 0 bridgehead atoms. The van der Waals surface area contributed by atoms with Gasteiger partial charge < -0.3 is 14.3 Å². The van der Waals surface area contributed by atoms with Crippen molar-refractivity contribution in [1.82, 2.24) is 10.2 Å². The third-order valence-corrected chi connectivity index (χ3v) is 5.49. The summed E-state index contributed by atoms with van der Waals surface area (Å²) in [5.74, 6) is -0.539. The van der Waals surface area contributed by atoms with Crippen molar-refractivity contribution >= 4 is 17.4 Å². The minimum absolute atomic E-state index is 0.0661. The molecule has 1 unspecified atom stereocenters. The summed E-state index contributed by atoms with van der Waals surface area (Å²) >= 11 is 0. The van der Waals surface area contributed by atoms with Gasteiger partial charge >= 0.3 is 0 Å². The Balaban J connectivity index is 1.83. The van der Waals surface area contributed by atoms with E-state index < -0.39 is 23.6 Å². The second-order valence-electron chi connectivity index (χ2n) is 8.74. The van der Waals surface area contributed by atoms with Crippen molar-refractivity contribution in [2.24, 2.45) is 5.92 Å². The number of aliphatic hydroxyl groups is 1. The largest absolute Gasteiger partial charge is 0.503 e. The first-order valence-electron chi connectivity index (χ1n) is 11.2. The van der Waals surface area contributed by atoms with Crippen LogP contribution in [0.2, 0.25) is 0 Å². The van der Waals surface area contributed by atoms with Gasteiger partial charge in [-0.3, -0.25) is 14.5 Å². The van der Waals surface area contributed by atoms with E-state index in [2.05, 4.69) is 10.2 Å². The SMILES string of the molecule is Cc1nnc(-c2ccc(N3C(=O)C(O)=C(C(=O)C(C)C)C3c3ccccc3OC(C)C)cc2)o1. The average molecular weight is 462 g/mol. The van der Waals surface area contributed by atoms with Crippen LogP contribution in [0.1, 0.15) is 45.2 Å². The van der Waals surface area contributed by atoms with E-state index in [9.17, 15) is 14.7 Å². The number of anilines is 1. The molecule has 3 aromatic rings. The maximum absolute atomic E-state index is 13.3. The predicted octanol–water partition coefficient (Wildman–Crippen LogP) is 4.96. The molecule has 2 heterocycles. The van der Waals surface area contributed by atoms with Crippen molar-refractivity contribution in [2.45, 2.75) is 46.8 Å². The molecule has 0 aliphatic carbocycles. The Hall–Kier alpha value is -3.94. The lowest BCUT2D eigenvalue weighted by molar-refractivity contribution is -0.119. The highest BCUT2D eigenvalue weighted by Crippen LogP contribution is 2.45. The number of nitrogens with zero attached hydrogens (tertiary/aromatic N) is 3. The van der Waals surface area contributed by atoms with Crippen LogP contribution in [-0.4, -0.2) is 33.1 Å². The molecule has 34 heavy (non-hydrogen) atoms. The molecule has 8 heteroatoms. The quantitative estimate of drug-likeness (QED) is 0.530. The first-order valence-corrected chi connectivity index (χ1v) is 11.2. The molecule has 0 fully saturated rings. The van der Waals surface area contributed by atoms with Gasteiger partial charge in [-0.1, -0.05) is 32.0 Å². The average Bonchev–Trinajstić information content (AvgIpc) is 3.34. The zero-order chi connectivity index (χ0) is 24.6. The van der Waals surface area contributed by atoms with Gasteiger partial charge in [0.05, 0.1) is 17.7 Å². The van der Waals surface area contributed by atoms with Crippen LogP contribution in [0.5, 0.6) is 5.75 Å². The summed E-state index contributed by atoms with van der Waals surface area (Å²) in [5, 5.41) is 18.7. The number of rotatable bonds is 7. The predicted molar refractivity (Wildman–Crippen MR) is 126 cm³/mol. The zero-order valence-electron chi connectivity index (χ0n) is 19.8. The van der Waals surface area contributed by atoms with E-state index in [4.69, 9.17) is 9.15 Å². The zero-order valence-corrected chi connectivity index (χ0v) is 19.8.